The number of amides is 1. The Kier molecular flexibility index (Phi) is 5.38. The van der Waals surface area contributed by atoms with Crippen molar-refractivity contribution in [2.45, 2.75) is 12.7 Å². The molecule has 2 aromatic heterocycles. The molecule has 112 valence electrons. The standard InChI is InChI=1S/C13H14N2O3S3/c1-8-11(13(17)18)12(21-14-8)15(2)10(16)7-19-6-9-4-3-5-20-9/h3-5H,6-7H2,1-2H3,(H,17,18). The van der Waals surface area contributed by atoms with Crippen LogP contribution in [0.4, 0.5) is 5.00 Å². The van der Waals surface area contributed by atoms with Crippen molar-refractivity contribution in [3.05, 3.63) is 33.6 Å². The fourth-order valence-electron chi connectivity index (χ4n) is 1.68. The Morgan fingerprint density at radius 1 is 1.48 bits per heavy atom. The van der Waals surface area contributed by atoms with Crippen LogP contribution >= 0.6 is 34.6 Å². The summed E-state index contributed by atoms with van der Waals surface area (Å²) in [6.07, 6.45) is 0. The summed E-state index contributed by atoms with van der Waals surface area (Å²) in [4.78, 5) is 26.0. The Labute approximate surface area is 134 Å². The second-order valence-electron chi connectivity index (χ2n) is 4.28. The summed E-state index contributed by atoms with van der Waals surface area (Å²) in [5, 5.41) is 11.6. The van der Waals surface area contributed by atoms with Crippen LogP contribution in [0.5, 0.6) is 0 Å². The van der Waals surface area contributed by atoms with Gasteiger partial charge in [0.2, 0.25) is 5.91 Å². The van der Waals surface area contributed by atoms with Gasteiger partial charge in [0.05, 0.1) is 11.4 Å². The molecule has 2 rings (SSSR count). The molecule has 0 fully saturated rings. The smallest absolute Gasteiger partial charge is 0.340 e. The molecule has 0 aliphatic carbocycles. The lowest BCUT2D eigenvalue weighted by atomic mass is 10.2. The first kappa shape index (κ1) is 16.0. The van der Waals surface area contributed by atoms with Crippen molar-refractivity contribution in [2.75, 3.05) is 17.7 Å². The van der Waals surface area contributed by atoms with E-state index < -0.39 is 5.97 Å². The number of aromatic nitrogens is 1. The van der Waals surface area contributed by atoms with E-state index in [2.05, 4.69) is 4.37 Å². The first-order chi connectivity index (χ1) is 10.0. The van der Waals surface area contributed by atoms with Gasteiger partial charge in [-0.2, -0.15) is 4.37 Å². The van der Waals surface area contributed by atoms with Gasteiger partial charge in [-0.3, -0.25) is 4.79 Å². The molecule has 0 spiro atoms. The van der Waals surface area contributed by atoms with E-state index in [0.29, 0.717) is 16.4 Å². The molecule has 0 radical (unpaired) electrons. The van der Waals surface area contributed by atoms with E-state index in [4.69, 9.17) is 0 Å². The Hall–Kier alpha value is -1.38. The third kappa shape index (κ3) is 3.84. The number of thiophene rings is 1. The summed E-state index contributed by atoms with van der Waals surface area (Å²) < 4.78 is 4.02. The lowest BCUT2D eigenvalue weighted by molar-refractivity contribution is -0.115. The molecule has 2 heterocycles. The fourth-order valence-corrected chi connectivity index (χ4v) is 4.32. The van der Waals surface area contributed by atoms with Crippen molar-refractivity contribution < 1.29 is 14.7 Å². The fraction of sp³-hybridized carbons (Fsp3) is 0.308. The average Bonchev–Trinajstić information content (AvgIpc) is 3.07. The van der Waals surface area contributed by atoms with Crippen molar-refractivity contribution in [3.63, 3.8) is 0 Å². The first-order valence-corrected chi connectivity index (χ1v) is 8.87. The van der Waals surface area contributed by atoms with Crippen molar-refractivity contribution in [1.29, 1.82) is 0 Å². The summed E-state index contributed by atoms with van der Waals surface area (Å²) >= 11 is 4.22. The minimum atomic E-state index is -1.05. The normalized spacial score (nSPS) is 10.6. The van der Waals surface area contributed by atoms with Gasteiger partial charge >= 0.3 is 5.97 Å². The van der Waals surface area contributed by atoms with Crippen LogP contribution in [0, 0.1) is 6.92 Å². The maximum atomic E-state index is 12.2. The molecule has 0 unspecified atom stereocenters. The number of carbonyl (C=O) groups is 2. The predicted molar refractivity (Wildman–Crippen MR) is 87.7 cm³/mol. The molecule has 1 amide bonds. The van der Waals surface area contributed by atoms with Crippen LogP contribution in [-0.4, -0.2) is 34.2 Å². The molecule has 5 nitrogen and oxygen atoms in total. The second kappa shape index (κ2) is 7.06. The Morgan fingerprint density at radius 2 is 2.24 bits per heavy atom. The Bertz CT molecular complexity index is 637. The summed E-state index contributed by atoms with van der Waals surface area (Å²) in [5.41, 5.74) is 0.549. The zero-order chi connectivity index (χ0) is 15.4. The molecular weight excluding hydrogens is 328 g/mol. The number of carbonyl (C=O) groups excluding carboxylic acids is 1. The highest BCUT2D eigenvalue weighted by Gasteiger charge is 2.23. The topological polar surface area (TPSA) is 70.5 Å². The van der Waals surface area contributed by atoms with E-state index in [9.17, 15) is 14.7 Å². The van der Waals surface area contributed by atoms with Crippen LogP contribution in [-0.2, 0) is 10.5 Å². The number of anilines is 1. The SMILES string of the molecule is Cc1nsc(N(C)C(=O)CSCc2cccs2)c1C(=O)O. The zero-order valence-corrected chi connectivity index (χ0v) is 14.0. The largest absolute Gasteiger partial charge is 0.478 e. The minimum absolute atomic E-state index is 0.110. The molecule has 2 aromatic rings. The number of carboxylic acids is 1. The molecule has 0 saturated carbocycles. The maximum Gasteiger partial charge on any atom is 0.340 e. The van der Waals surface area contributed by atoms with Crippen molar-refractivity contribution in [2.24, 2.45) is 0 Å². The van der Waals surface area contributed by atoms with Gasteiger partial charge < -0.3 is 10.0 Å². The highest BCUT2D eigenvalue weighted by molar-refractivity contribution is 7.99. The van der Waals surface area contributed by atoms with Gasteiger partial charge in [0.15, 0.2) is 0 Å². The lowest BCUT2D eigenvalue weighted by Crippen LogP contribution is -2.28. The molecule has 21 heavy (non-hydrogen) atoms. The van der Waals surface area contributed by atoms with Gasteiger partial charge in [0, 0.05) is 17.7 Å². The zero-order valence-electron chi connectivity index (χ0n) is 11.5. The summed E-state index contributed by atoms with van der Waals surface area (Å²) in [6, 6.07) is 4.01. The van der Waals surface area contributed by atoms with Gasteiger partial charge in [-0.05, 0) is 29.9 Å². The van der Waals surface area contributed by atoms with Crippen LogP contribution in [0.15, 0.2) is 17.5 Å². The second-order valence-corrected chi connectivity index (χ2v) is 7.05. The molecule has 0 bridgehead atoms. The van der Waals surface area contributed by atoms with Crippen LogP contribution < -0.4 is 4.90 Å². The predicted octanol–water partition coefficient (Wildman–Crippen LogP) is 3.11. The molecule has 0 saturated heterocycles. The highest BCUT2D eigenvalue weighted by atomic mass is 32.2. The molecule has 0 aromatic carbocycles. The van der Waals surface area contributed by atoms with Crippen molar-refractivity contribution in [3.8, 4) is 0 Å². The molecule has 0 atom stereocenters. The van der Waals surface area contributed by atoms with Gasteiger partial charge in [-0.15, -0.1) is 23.1 Å². The number of nitrogens with zero attached hydrogens (tertiary/aromatic N) is 2. The van der Waals surface area contributed by atoms with Crippen molar-refractivity contribution in [1.82, 2.24) is 4.37 Å². The average molecular weight is 342 g/mol. The van der Waals surface area contributed by atoms with E-state index >= 15 is 0 Å². The number of hydrogen-bond donors (Lipinski definition) is 1. The van der Waals surface area contributed by atoms with Crippen molar-refractivity contribution >= 4 is 51.5 Å². The number of aromatic carboxylic acids is 1. The third-order valence-electron chi connectivity index (χ3n) is 2.79. The van der Waals surface area contributed by atoms with E-state index in [0.717, 1.165) is 17.3 Å². The first-order valence-electron chi connectivity index (χ1n) is 6.07. The maximum absolute atomic E-state index is 12.2. The number of rotatable bonds is 6. The minimum Gasteiger partial charge on any atom is -0.478 e. The molecule has 8 heteroatoms. The molecule has 0 aliphatic rings. The number of carboxylic acid groups (broad SMARTS) is 1. The number of aryl methyl sites for hydroxylation is 1. The van der Waals surface area contributed by atoms with Crippen LogP contribution in [0.3, 0.4) is 0 Å². The number of hydrogen-bond acceptors (Lipinski definition) is 6. The van der Waals surface area contributed by atoms with E-state index in [1.54, 1.807) is 25.3 Å². The van der Waals surface area contributed by atoms with Crippen LogP contribution in [0.2, 0.25) is 0 Å². The summed E-state index contributed by atoms with van der Waals surface area (Å²) in [7, 11) is 1.59. The van der Waals surface area contributed by atoms with E-state index in [-0.39, 0.29) is 11.5 Å². The van der Waals surface area contributed by atoms with E-state index in [1.807, 2.05) is 17.5 Å². The summed E-state index contributed by atoms with van der Waals surface area (Å²) in [5.74, 6) is -0.0836. The molecule has 1 N–H and O–H groups in total. The molecule has 0 aliphatic heterocycles. The Balaban J connectivity index is 1.97. The third-order valence-corrected chi connectivity index (χ3v) is 5.83. The lowest BCUT2D eigenvalue weighted by Gasteiger charge is -2.15. The monoisotopic (exact) mass is 342 g/mol. The quantitative estimate of drug-likeness (QED) is 0.873. The molecular formula is C13H14N2O3S3. The Morgan fingerprint density at radius 3 is 2.86 bits per heavy atom. The summed E-state index contributed by atoms with van der Waals surface area (Å²) in [6.45, 7) is 1.63. The number of thioether (sulfide) groups is 1. The van der Waals surface area contributed by atoms with Crippen LogP contribution in [0.25, 0.3) is 0 Å². The van der Waals surface area contributed by atoms with Crippen LogP contribution in [0.1, 0.15) is 20.9 Å². The highest BCUT2D eigenvalue weighted by Crippen LogP contribution is 2.28. The van der Waals surface area contributed by atoms with Gasteiger partial charge in [-0.1, -0.05) is 6.07 Å². The van der Waals surface area contributed by atoms with Gasteiger partial charge in [0.25, 0.3) is 0 Å². The van der Waals surface area contributed by atoms with E-state index in [1.165, 1.54) is 21.5 Å². The van der Waals surface area contributed by atoms with Gasteiger partial charge in [0.1, 0.15) is 10.6 Å². The van der Waals surface area contributed by atoms with Gasteiger partial charge in [-0.25, -0.2) is 4.79 Å².